The Morgan fingerprint density at radius 3 is 2.78 bits per heavy atom. The molecule has 0 aliphatic carbocycles. The van der Waals surface area contributed by atoms with Gasteiger partial charge in [-0.05, 0) is 54.3 Å². The molecule has 0 saturated heterocycles. The number of aromatic hydroxyl groups is 1. The highest BCUT2D eigenvalue weighted by atomic mass is 32.2. The normalized spacial score (nSPS) is 13.3. The Balaban J connectivity index is 1.67. The van der Waals surface area contributed by atoms with Crippen LogP contribution in [0.2, 0.25) is 0 Å². The summed E-state index contributed by atoms with van der Waals surface area (Å²) in [4.78, 5) is 5.53. The van der Waals surface area contributed by atoms with E-state index < -0.39 is 0 Å². The number of rotatable bonds is 2. The molecule has 1 aliphatic rings. The molecule has 0 bridgehead atoms. The van der Waals surface area contributed by atoms with Crippen LogP contribution in [0.4, 0.5) is 4.39 Å². The van der Waals surface area contributed by atoms with Gasteiger partial charge in [0.1, 0.15) is 11.3 Å². The number of thioether (sulfide) groups is 1. The summed E-state index contributed by atoms with van der Waals surface area (Å²) in [5.74, 6) is 1.25. The van der Waals surface area contributed by atoms with E-state index in [1.807, 2.05) is 43.3 Å². The molecule has 0 fully saturated rings. The monoisotopic (exact) mass is 377 g/mol. The molecule has 27 heavy (non-hydrogen) atoms. The van der Waals surface area contributed by atoms with Crippen LogP contribution < -0.4 is 0 Å². The van der Waals surface area contributed by atoms with Gasteiger partial charge in [0.25, 0.3) is 0 Å². The lowest BCUT2D eigenvalue weighted by Gasteiger charge is -2.09. The van der Waals surface area contributed by atoms with Crippen molar-refractivity contribution in [2.75, 3.05) is 5.75 Å². The average molecular weight is 377 g/mol. The quantitative estimate of drug-likeness (QED) is 0.468. The van der Waals surface area contributed by atoms with Gasteiger partial charge in [-0.25, -0.2) is 9.37 Å². The first kappa shape index (κ1) is 16.4. The minimum atomic E-state index is -0.284. The van der Waals surface area contributed by atoms with E-state index in [2.05, 4.69) is 4.98 Å². The molecule has 2 heterocycles. The number of hydrogen-bond donors (Lipinski definition) is 1. The molecule has 0 unspecified atom stereocenters. The van der Waals surface area contributed by atoms with Crippen molar-refractivity contribution in [3.63, 3.8) is 0 Å². The maximum absolute atomic E-state index is 14.8. The first-order valence-electron chi connectivity index (χ1n) is 8.76. The molecule has 0 atom stereocenters. The van der Waals surface area contributed by atoms with Gasteiger partial charge in [0.05, 0.1) is 0 Å². The molecule has 1 aliphatic heterocycles. The summed E-state index contributed by atoms with van der Waals surface area (Å²) in [6.45, 7) is 1.98. The Morgan fingerprint density at radius 2 is 1.93 bits per heavy atom. The predicted molar refractivity (Wildman–Crippen MR) is 106 cm³/mol. The molecule has 0 radical (unpaired) electrons. The zero-order valence-electron chi connectivity index (χ0n) is 14.6. The number of hydrogen-bond acceptors (Lipinski definition) is 4. The second-order valence-corrected chi connectivity index (χ2v) is 7.80. The molecule has 3 aromatic carbocycles. The van der Waals surface area contributed by atoms with Crippen molar-refractivity contribution in [3.05, 3.63) is 65.5 Å². The number of phenolic OH excluding ortho intramolecular Hbond substituents is 1. The minimum Gasteiger partial charge on any atom is -0.508 e. The largest absolute Gasteiger partial charge is 0.508 e. The highest BCUT2D eigenvalue weighted by molar-refractivity contribution is 7.99. The first-order chi connectivity index (χ1) is 13.1. The number of halogens is 1. The van der Waals surface area contributed by atoms with Crippen LogP contribution in [0.25, 0.3) is 33.7 Å². The molecule has 0 saturated carbocycles. The van der Waals surface area contributed by atoms with E-state index in [9.17, 15) is 9.50 Å². The van der Waals surface area contributed by atoms with Gasteiger partial charge in [0.15, 0.2) is 11.4 Å². The Hall–Kier alpha value is -2.79. The zero-order valence-corrected chi connectivity index (χ0v) is 15.4. The fourth-order valence-corrected chi connectivity index (χ4v) is 4.72. The fourth-order valence-electron chi connectivity index (χ4n) is 3.64. The Labute approximate surface area is 159 Å². The van der Waals surface area contributed by atoms with Gasteiger partial charge in [0, 0.05) is 21.8 Å². The van der Waals surface area contributed by atoms with Gasteiger partial charge < -0.3 is 9.52 Å². The van der Waals surface area contributed by atoms with Crippen LogP contribution in [0.3, 0.4) is 0 Å². The second-order valence-electron chi connectivity index (χ2n) is 6.66. The standard InChI is InChI=1S/C22H16FNO2S/c1-12-15(13-4-2-5-14(25)10-13)6-3-7-16(12)22-24-18-11-19-17(8-9-27-19)20(23)21(18)26-22/h2-7,10-11,25H,8-9H2,1H3. The molecule has 0 amide bonds. The van der Waals surface area contributed by atoms with Crippen molar-refractivity contribution in [1.82, 2.24) is 4.98 Å². The minimum absolute atomic E-state index is 0.216. The Morgan fingerprint density at radius 1 is 1.11 bits per heavy atom. The number of benzene rings is 3. The average Bonchev–Trinajstić information content (AvgIpc) is 3.29. The van der Waals surface area contributed by atoms with Crippen LogP contribution >= 0.6 is 11.8 Å². The molecule has 5 rings (SSSR count). The fraction of sp³-hybridized carbons (Fsp3) is 0.136. The van der Waals surface area contributed by atoms with E-state index >= 15 is 0 Å². The topological polar surface area (TPSA) is 46.3 Å². The summed E-state index contributed by atoms with van der Waals surface area (Å²) < 4.78 is 20.7. The smallest absolute Gasteiger partial charge is 0.227 e. The molecular formula is C22H16FNO2S. The SMILES string of the molecule is Cc1c(-c2cccc(O)c2)cccc1-c1nc2cc3c(c(F)c2o1)CCS3. The molecule has 1 aromatic heterocycles. The summed E-state index contributed by atoms with van der Waals surface area (Å²) in [6.07, 6.45) is 0.726. The number of aromatic nitrogens is 1. The molecule has 3 nitrogen and oxygen atoms in total. The lowest BCUT2D eigenvalue weighted by atomic mass is 9.96. The first-order valence-corrected chi connectivity index (χ1v) is 9.74. The van der Waals surface area contributed by atoms with Crippen molar-refractivity contribution in [3.8, 4) is 28.3 Å². The van der Waals surface area contributed by atoms with E-state index in [4.69, 9.17) is 4.42 Å². The summed E-state index contributed by atoms with van der Waals surface area (Å²) in [5, 5.41) is 9.78. The summed E-state index contributed by atoms with van der Waals surface area (Å²) in [7, 11) is 0. The van der Waals surface area contributed by atoms with Crippen LogP contribution in [0.1, 0.15) is 11.1 Å². The summed E-state index contributed by atoms with van der Waals surface area (Å²) in [5.41, 5.74) is 5.19. The van der Waals surface area contributed by atoms with Crippen LogP contribution in [0.15, 0.2) is 57.8 Å². The van der Waals surface area contributed by atoms with Gasteiger partial charge >= 0.3 is 0 Å². The molecule has 4 aromatic rings. The number of nitrogens with zero attached hydrogens (tertiary/aromatic N) is 1. The van der Waals surface area contributed by atoms with Crippen LogP contribution in [0, 0.1) is 12.7 Å². The van der Waals surface area contributed by atoms with Gasteiger partial charge in [0.2, 0.25) is 5.89 Å². The lowest BCUT2D eigenvalue weighted by Crippen LogP contribution is -1.88. The van der Waals surface area contributed by atoms with E-state index in [0.717, 1.165) is 44.9 Å². The van der Waals surface area contributed by atoms with Gasteiger partial charge in [-0.3, -0.25) is 0 Å². The van der Waals surface area contributed by atoms with Crippen molar-refractivity contribution >= 4 is 22.9 Å². The van der Waals surface area contributed by atoms with Crippen LogP contribution in [-0.4, -0.2) is 15.8 Å². The third-order valence-electron chi connectivity index (χ3n) is 5.01. The Kier molecular flexibility index (Phi) is 3.72. The maximum atomic E-state index is 14.8. The van der Waals surface area contributed by atoms with Gasteiger partial charge in [-0.2, -0.15) is 0 Å². The van der Waals surface area contributed by atoms with Crippen molar-refractivity contribution in [1.29, 1.82) is 0 Å². The predicted octanol–water partition coefficient (Wildman–Crippen LogP) is 5.96. The second kappa shape index (κ2) is 6.13. The Bertz CT molecular complexity index is 1200. The van der Waals surface area contributed by atoms with E-state index in [1.54, 1.807) is 23.9 Å². The van der Waals surface area contributed by atoms with Gasteiger partial charge in [-0.15, -0.1) is 11.8 Å². The van der Waals surface area contributed by atoms with Crippen LogP contribution in [0.5, 0.6) is 5.75 Å². The zero-order chi connectivity index (χ0) is 18.5. The third-order valence-corrected chi connectivity index (χ3v) is 6.10. The summed E-state index contributed by atoms with van der Waals surface area (Å²) in [6, 6.07) is 14.9. The maximum Gasteiger partial charge on any atom is 0.227 e. The molecule has 5 heteroatoms. The molecular weight excluding hydrogens is 361 g/mol. The van der Waals surface area contributed by atoms with E-state index in [-0.39, 0.29) is 17.1 Å². The summed E-state index contributed by atoms with van der Waals surface area (Å²) >= 11 is 1.66. The van der Waals surface area contributed by atoms with E-state index in [1.165, 1.54) is 0 Å². The van der Waals surface area contributed by atoms with E-state index in [0.29, 0.717) is 11.4 Å². The van der Waals surface area contributed by atoms with Crippen molar-refractivity contribution in [2.45, 2.75) is 18.2 Å². The highest BCUT2D eigenvalue weighted by Crippen LogP contribution is 2.39. The van der Waals surface area contributed by atoms with Gasteiger partial charge in [-0.1, -0.05) is 24.3 Å². The van der Waals surface area contributed by atoms with Crippen LogP contribution in [-0.2, 0) is 6.42 Å². The molecule has 134 valence electrons. The lowest BCUT2D eigenvalue weighted by molar-refractivity contribution is 0.475. The highest BCUT2D eigenvalue weighted by Gasteiger charge is 2.23. The number of oxazole rings is 1. The van der Waals surface area contributed by atoms with Crippen molar-refractivity contribution < 1.29 is 13.9 Å². The number of phenols is 1. The third kappa shape index (κ3) is 2.61. The van der Waals surface area contributed by atoms with Crippen molar-refractivity contribution in [2.24, 2.45) is 0 Å². The number of fused-ring (bicyclic) bond motifs is 2. The molecule has 0 spiro atoms. The molecule has 1 N–H and O–H groups in total.